The molecule has 1 amide bonds. The summed E-state index contributed by atoms with van der Waals surface area (Å²) in [5.74, 6) is 0.333. The molecule has 0 saturated carbocycles. The monoisotopic (exact) mass is 534 g/mol. The first-order chi connectivity index (χ1) is 13.9. The third-order valence-corrected chi connectivity index (χ3v) is 5.40. The van der Waals surface area contributed by atoms with Gasteiger partial charge in [0.05, 0.1) is 15.6 Å². The number of rotatable bonds is 14. The first-order valence-electron chi connectivity index (χ1n) is 9.83. The Bertz CT molecular complexity index is 646. The molecular formula is C20H32Br2N4O3. The van der Waals surface area contributed by atoms with Gasteiger partial charge in [0.15, 0.2) is 0 Å². The molecule has 0 heterocycles. The fourth-order valence-electron chi connectivity index (χ4n) is 2.67. The van der Waals surface area contributed by atoms with Crippen LogP contribution in [0.4, 0.5) is 0 Å². The van der Waals surface area contributed by atoms with Crippen LogP contribution in [0, 0.1) is 0 Å². The molecule has 0 fully saturated rings. The molecule has 0 radical (unpaired) electrons. The van der Waals surface area contributed by atoms with E-state index in [2.05, 4.69) is 61.3 Å². The molecule has 0 aliphatic heterocycles. The number of halogens is 2. The van der Waals surface area contributed by atoms with Crippen molar-refractivity contribution in [1.29, 1.82) is 0 Å². The maximum absolute atomic E-state index is 12.3. The van der Waals surface area contributed by atoms with Crippen LogP contribution in [-0.4, -0.2) is 62.1 Å². The zero-order valence-electron chi connectivity index (χ0n) is 17.2. The zero-order valence-corrected chi connectivity index (χ0v) is 20.4. The van der Waals surface area contributed by atoms with E-state index in [-0.39, 0.29) is 18.0 Å². The number of nitrogens with one attached hydrogen (secondary N) is 1. The Hall–Kier alpha value is -1.16. The molecule has 0 aromatic heterocycles. The van der Waals surface area contributed by atoms with Gasteiger partial charge in [0.25, 0.3) is 5.91 Å². The number of carbonyl (C=O) groups excluding carboxylic acids is 1. The summed E-state index contributed by atoms with van der Waals surface area (Å²) < 4.78 is 7.23. The molecule has 0 saturated heterocycles. The lowest BCUT2D eigenvalue weighted by molar-refractivity contribution is -0.115. The van der Waals surface area contributed by atoms with Gasteiger partial charge in [-0.05, 0) is 96.0 Å². The number of hydrogen-bond acceptors (Lipinski definition) is 6. The normalized spacial score (nSPS) is 11.7. The number of oxime groups is 1. The first kappa shape index (κ1) is 25.9. The van der Waals surface area contributed by atoms with Crippen molar-refractivity contribution in [3.8, 4) is 5.75 Å². The van der Waals surface area contributed by atoms with Crippen molar-refractivity contribution in [3.63, 3.8) is 0 Å². The fourth-order valence-corrected chi connectivity index (χ4v) is 4.19. The largest absolute Gasteiger partial charge is 0.491 e. The van der Waals surface area contributed by atoms with Crippen molar-refractivity contribution in [1.82, 2.24) is 10.2 Å². The van der Waals surface area contributed by atoms with Gasteiger partial charge in [0.1, 0.15) is 11.5 Å². The molecule has 0 unspecified atom stereocenters. The minimum absolute atomic E-state index is 0.0770. The molecule has 1 rings (SSSR count). The second-order valence-electron chi connectivity index (χ2n) is 7.08. The van der Waals surface area contributed by atoms with Crippen molar-refractivity contribution >= 4 is 43.5 Å². The van der Waals surface area contributed by atoms with Gasteiger partial charge in [-0.15, -0.1) is 0 Å². The van der Waals surface area contributed by atoms with Crippen molar-refractivity contribution < 1.29 is 14.7 Å². The minimum Gasteiger partial charge on any atom is -0.491 e. The zero-order chi connectivity index (χ0) is 21.6. The summed E-state index contributed by atoms with van der Waals surface area (Å²) in [6.07, 6.45) is 5.23. The molecule has 4 N–H and O–H groups in total. The highest BCUT2D eigenvalue weighted by Crippen LogP contribution is 2.35. The Morgan fingerprint density at radius 2 is 1.83 bits per heavy atom. The number of benzene rings is 1. The third-order valence-electron chi connectivity index (χ3n) is 4.22. The number of ether oxygens (including phenoxy) is 1. The fraction of sp³-hybridized carbons (Fsp3) is 0.600. The number of carbonyl (C=O) groups is 1. The highest BCUT2D eigenvalue weighted by atomic mass is 79.9. The summed E-state index contributed by atoms with van der Waals surface area (Å²) in [7, 11) is 4.13. The predicted molar refractivity (Wildman–Crippen MR) is 124 cm³/mol. The number of unbranched alkanes of at least 4 members (excludes halogenated alkanes) is 3. The summed E-state index contributed by atoms with van der Waals surface area (Å²) in [6.45, 7) is 2.74. The van der Waals surface area contributed by atoms with E-state index in [1.54, 1.807) is 0 Å². The first-order valence-corrected chi connectivity index (χ1v) is 11.4. The third kappa shape index (κ3) is 10.4. The van der Waals surface area contributed by atoms with E-state index in [1.165, 1.54) is 0 Å². The second kappa shape index (κ2) is 14.8. The van der Waals surface area contributed by atoms with Crippen molar-refractivity contribution in [2.45, 2.75) is 38.5 Å². The van der Waals surface area contributed by atoms with Crippen molar-refractivity contribution in [3.05, 3.63) is 26.6 Å². The molecule has 0 bridgehead atoms. The summed E-state index contributed by atoms with van der Waals surface area (Å²) in [6, 6.07) is 3.71. The number of hydrogen-bond donors (Lipinski definition) is 3. The summed E-state index contributed by atoms with van der Waals surface area (Å²) >= 11 is 6.98. The molecule has 0 aliphatic carbocycles. The molecule has 9 heteroatoms. The summed E-state index contributed by atoms with van der Waals surface area (Å²) in [4.78, 5) is 14.5. The van der Waals surface area contributed by atoms with Crippen LogP contribution < -0.4 is 15.8 Å². The standard InChI is InChI=1S/C20H32Br2N4O3/c1-26(2)10-6-4-3-5-9-24-20(27)18(25-28)14-15-12-16(21)19(17(22)13-15)29-11-7-8-23/h12-13,28H,3-11,14,23H2,1-2H3,(H,24,27). The van der Waals surface area contributed by atoms with Gasteiger partial charge in [0, 0.05) is 13.0 Å². The van der Waals surface area contributed by atoms with Crippen LogP contribution in [0.15, 0.2) is 26.2 Å². The van der Waals surface area contributed by atoms with Gasteiger partial charge in [-0.25, -0.2) is 0 Å². The van der Waals surface area contributed by atoms with E-state index in [4.69, 9.17) is 10.5 Å². The van der Waals surface area contributed by atoms with Crippen LogP contribution in [-0.2, 0) is 11.2 Å². The quantitative estimate of drug-likeness (QED) is 0.146. The smallest absolute Gasteiger partial charge is 0.269 e. The van der Waals surface area contributed by atoms with Gasteiger partial charge >= 0.3 is 0 Å². The molecule has 0 atom stereocenters. The topological polar surface area (TPSA) is 100 Å². The van der Waals surface area contributed by atoms with Crippen LogP contribution in [0.25, 0.3) is 0 Å². The van der Waals surface area contributed by atoms with Crippen LogP contribution in [0.2, 0.25) is 0 Å². The van der Waals surface area contributed by atoms with Crippen LogP contribution in [0.1, 0.15) is 37.7 Å². The highest BCUT2D eigenvalue weighted by molar-refractivity contribution is 9.11. The second-order valence-corrected chi connectivity index (χ2v) is 8.78. The molecule has 0 spiro atoms. The van der Waals surface area contributed by atoms with Crippen molar-refractivity contribution in [2.75, 3.05) is 40.3 Å². The number of nitrogens with zero attached hydrogens (tertiary/aromatic N) is 2. The van der Waals surface area contributed by atoms with E-state index in [0.717, 1.165) is 53.2 Å². The maximum Gasteiger partial charge on any atom is 0.269 e. The predicted octanol–water partition coefficient (Wildman–Crippen LogP) is 3.55. The van der Waals surface area contributed by atoms with E-state index < -0.39 is 0 Å². The summed E-state index contributed by atoms with van der Waals surface area (Å²) in [5.41, 5.74) is 6.39. The molecule has 1 aromatic carbocycles. The molecule has 164 valence electrons. The minimum atomic E-state index is -0.351. The molecule has 0 aliphatic rings. The van der Waals surface area contributed by atoms with E-state index in [1.807, 2.05) is 12.1 Å². The lowest BCUT2D eigenvalue weighted by Crippen LogP contribution is -2.33. The average Bonchev–Trinajstić information content (AvgIpc) is 2.67. The highest BCUT2D eigenvalue weighted by Gasteiger charge is 2.15. The van der Waals surface area contributed by atoms with Crippen LogP contribution in [0.5, 0.6) is 5.75 Å². The van der Waals surface area contributed by atoms with Crippen molar-refractivity contribution in [2.24, 2.45) is 10.9 Å². The number of amides is 1. The molecule has 29 heavy (non-hydrogen) atoms. The van der Waals surface area contributed by atoms with E-state index >= 15 is 0 Å². The summed E-state index contributed by atoms with van der Waals surface area (Å²) in [5, 5.41) is 15.3. The van der Waals surface area contributed by atoms with Gasteiger partial charge in [0.2, 0.25) is 0 Å². The lowest BCUT2D eigenvalue weighted by atomic mass is 10.1. The van der Waals surface area contributed by atoms with Gasteiger partial charge in [-0.1, -0.05) is 18.0 Å². The lowest BCUT2D eigenvalue weighted by Gasteiger charge is -2.12. The average molecular weight is 536 g/mol. The number of nitrogens with two attached hydrogens (primary N) is 1. The Balaban J connectivity index is 2.50. The van der Waals surface area contributed by atoms with Gasteiger partial charge in [-0.3, -0.25) is 4.79 Å². The molecular weight excluding hydrogens is 504 g/mol. The maximum atomic E-state index is 12.3. The van der Waals surface area contributed by atoms with Crippen LogP contribution >= 0.6 is 31.9 Å². The SMILES string of the molecule is CN(C)CCCCCCNC(=O)C(Cc1cc(Br)c(OCCCN)c(Br)c1)=NO. The van der Waals surface area contributed by atoms with Gasteiger partial charge < -0.3 is 25.9 Å². The van der Waals surface area contributed by atoms with E-state index in [0.29, 0.717) is 25.4 Å². The molecule has 7 nitrogen and oxygen atoms in total. The molecule has 1 aromatic rings. The van der Waals surface area contributed by atoms with Gasteiger partial charge in [-0.2, -0.15) is 0 Å². The van der Waals surface area contributed by atoms with Crippen LogP contribution in [0.3, 0.4) is 0 Å². The Labute approximate surface area is 190 Å². The Morgan fingerprint density at radius 3 is 2.41 bits per heavy atom. The Morgan fingerprint density at radius 1 is 1.17 bits per heavy atom. The Kier molecular flexibility index (Phi) is 13.2. The van der Waals surface area contributed by atoms with E-state index in [9.17, 15) is 10.0 Å².